The van der Waals surface area contributed by atoms with E-state index in [1.54, 1.807) is 23.1 Å². The molecule has 2 amide bonds. The Morgan fingerprint density at radius 3 is 2.13 bits per heavy atom. The van der Waals surface area contributed by atoms with Crippen molar-refractivity contribution in [1.29, 1.82) is 0 Å². The summed E-state index contributed by atoms with van der Waals surface area (Å²) in [6.07, 6.45) is 1.43. The summed E-state index contributed by atoms with van der Waals surface area (Å²) in [5.74, 6) is -0.294. The van der Waals surface area contributed by atoms with E-state index in [1.807, 2.05) is 58.0 Å². The fraction of sp³-hybridized carbons (Fsp3) is 0.417. The molecule has 0 fully saturated rings. The summed E-state index contributed by atoms with van der Waals surface area (Å²) in [6.45, 7) is 7.89. The van der Waals surface area contributed by atoms with Gasteiger partial charge >= 0.3 is 0 Å². The number of amides is 2. The van der Waals surface area contributed by atoms with Gasteiger partial charge in [-0.1, -0.05) is 66.5 Å². The monoisotopic (exact) mass is 448 g/mol. The number of carbonyl (C=O) groups excluding carboxylic acids is 2. The fourth-order valence-electron chi connectivity index (χ4n) is 3.22. The maximum Gasteiger partial charge on any atom is 0.243 e. The molecule has 0 bridgehead atoms. The molecule has 0 aliphatic rings. The second-order valence-corrected chi connectivity index (χ2v) is 9.23. The number of hydrogen-bond donors (Lipinski definition) is 1. The molecule has 162 valence electrons. The van der Waals surface area contributed by atoms with Crippen LogP contribution in [0.15, 0.2) is 48.5 Å². The summed E-state index contributed by atoms with van der Waals surface area (Å²) in [5.41, 5.74) is 1.20. The molecule has 2 aromatic rings. The van der Waals surface area contributed by atoms with Crippen LogP contribution in [0.3, 0.4) is 0 Å². The van der Waals surface area contributed by atoms with E-state index in [4.69, 9.17) is 23.2 Å². The molecule has 2 rings (SSSR count). The largest absolute Gasteiger partial charge is 0.350 e. The van der Waals surface area contributed by atoms with Gasteiger partial charge in [0, 0.05) is 40.5 Å². The zero-order valence-corrected chi connectivity index (χ0v) is 19.6. The Hall–Kier alpha value is -2.04. The lowest BCUT2D eigenvalue weighted by atomic mass is 10.00. The summed E-state index contributed by atoms with van der Waals surface area (Å²) < 4.78 is 0. The number of carbonyl (C=O) groups is 2. The Balaban J connectivity index is 2.47. The third-order valence-electron chi connectivity index (χ3n) is 4.62. The average molecular weight is 449 g/mol. The quantitative estimate of drug-likeness (QED) is 0.566. The minimum atomic E-state index is -0.682. The van der Waals surface area contributed by atoms with Crippen LogP contribution < -0.4 is 5.32 Å². The molecule has 4 nitrogen and oxygen atoms in total. The van der Waals surface area contributed by atoms with E-state index >= 15 is 0 Å². The van der Waals surface area contributed by atoms with Crippen molar-refractivity contribution in [2.75, 3.05) is 0 Å². The Kier molecular flexibility index (Phi) is 8.75. The highest BCUT2D eigenvalue weighted by molar-refractivity contribution is 6.36. The second-order valence-electron chi connectivity index (χ2n) is 8.42. The highest BCUT2D eigenvalue weighted by Gasteiger charge is 2.32. The predicted octanol–water partition coefficient (Wildman–Crippen LogP) is 5.65. The topological polar surface area (TPSA) is 49.4 Å². The van der Waals surface area contributed by atoms with Gasteiger partial charge < -0.3 is 10.2 Å². The minimum absolute atomic E-state index is 0.0986. The van der Waals surface area contributed by atoms with Crippen LogP contribution in [-0.2, 0) is 22.6 Å². The number of nitrogens with one attached hydrogen (secondary N) is 1. The van der Waals surface area contributed by atoms with Crippen LogP contribution >= 0.6 is 23.2 Å². The molecular formula is C24H30Cl2N2O2. The normalized spacial score (nSPS) is 12.3. The van der Waals surface area contributed by atoms with Gasteiger partial charge in [-0.25, -0.2) is 0 Å². The first kappa shape index (κ1) is 24.2. The lowest BCUT2D eigenvalue weighted by molar-refractivity contribution is -0.142. The lowest BCUT2D eigenvalue weighted by Gasteiger charge is -2.34. The predicted molar refractivity (Wildman–Crippen MR) is 124 cm³/mol. The SMILES string of the molecule is CCCC(=O)N(Cc1c(Cl)cccc1Cl)[C@@H](Cc1ccccc1)C(=O)NC(C)(C)C. The highest BCUT2D eigenvalue weighted by Crippen LogP contribution is 2.27. The van der Waals surface area contributed by atoms with Gasteiger partial charge in [-0.2, -0.15) is 0 Å². The van der Waals surface area contributed by atoms with Crippen LogP contribution in [0.2, 0.25) is 10.0 Å². The van der Waals surface area contributed by atoms with Crippen LogP contribution in [-0.4, -0.2) is 28.3 Å². The Labute approximate surface area is 189 Å². The van der Waals surface area contributed by atoms with Gasteiger partial charge in [0.1, 0.15) is 6.04 Å². The van der Waals surface area contributed by atoms with E-state index in [-0.39, 0.29) is 18.4 Å². The second kappa shape index (κ2) is 10.8. The van der Waals surface area contributed by atoms with Gasteiger partial charge in [-0.3, -0.25) is 9.59 Å². The van der Waals surface area contributed by atoms with Gasteiger partial charge in [0.25, 0.3) is 0 Å². The minimum Gasteiger partial charge on any atom is -0.350 e. The van der Waals surface area contributed by atoms with Crippen molar-refractivity contribution in [1.82, 2.24) is 10.2 Å². The first-order valence-corrected chi connectivity index (χ1v) is 11.0. The summed E-state index contributed by atoms with van der Waals surface area (Å²) in [5, 5.41) is 3.99. The number of halogens is 2. The van der Waals surface area contributed by atoms with Gasteiger partial charge in [-0.05, 0) is 44.9 Å². The van der Waals surface area contributed by atoms with Crippen LogP contribution in [0.1, 0.15) is 51.7 Å². The van der Waals surface area contributed by atoms with E-state index < -0.39 is 11.6 Å². The molecule has 6 heteroatoms. The number of rotatable bonds is 8. The maximum absolute atomic E-state index is 13.3. The summed E-state index contributed by atoms with van der Waals surface area (Å²) >= 11 is 12.8. The van der Waals surface area contributed by atoms with Gasteiger partial charge in [0.15, 0.2) is 0 Å². The average Bonchev–Trinajstić information content (AvgIpc) is 2.66. The molecule has 1 N–H and O–H groups in total. The van der Waals surface area contributed by atoms with Crippen LogP contribution in [0.5, 0.6) is 0 Å². The van der Waals surface area contributed by atoms with Crippen molar-refractivity contribution in [2.45, 2.75) is 65.1 Å². The zero-order chi connectivity index (χ0) is 22.3. The Morgan fingerprint density at radius 2 is 1.60 bits per heavy atom. The molecule has 0 saturated heterocycles. The van der Waals surface area contributed by atoms with E-state index in [0.717, 1.165) is 5.56 Å². The molecule has 0 aliphatic carbocycles. The molecule has 0 aromatic heterocycles. The first-order valence-electron chi connectivity index (χ1n) is 10.2. The molecule has 0 unspecified atom stereocenters. The van der Waals surface area contributed by atoms with Crippen LogP contribution in [0, 0.1) is 0 Å². The lowest BCUT2D eigenvalue weighted by Crippen LogP contribution is -2.54. The third kappa shape index (κ3) is 7.03. The molecule has 2 aromatic carbocycles. The Bertz CT molecular complexity index is 843. The molecule has 0 aliphatic heterocycles. The summed E-state index contributed by atoms with van der Waals surface area (Å²) in [4.78, 5) is 28.0. The van der Waals surface area contributed by atoms with Crippen molar-refractivity contribution in [3.05, 3.63) is 69.7 Å². The van der Waals surface area contributed by atoms with E-state index in [2.05, 4.69) is 5.32 Å². The molecule has 1 atom stereocenters. The number of benzene rings is 2. The molecule has 30 heavy (non-hydrogen) atoms. The van der Waals surface area contributed by atoms with Gasteiger partial charge in [0.2, 0.25) is 11.8 Å². The molecular weight excluding hydrogens is 419 g/mol. The van der Waals surface area contributed by atoms with Crippen molar-refractivity contribution in [3.8, 4) is 0 Å². The van der Waals surface area contributed by atoms with E-state index in [9.17, 15) is 9.59 Å². The number of hydrogen-bond acceptors (Lipinski definition) is 2. The van der Waals surface area contributed by atoms with Gasteiger partial charge in [0.05, 0.1) is 0 Å². The van der Waals surface area contributed by atoms with Crippen molar-refractivity contribution in [3.63, 3.8) is 0 Å². The molecule has 0 saturated carbocycles. The van der Waals surface area contributed by atoms with Crippen LogP contribution in [0.4, 0.5) is 0 Å². The maximum atomic E-state index is 13.3. The van der Waals surface area contributed by atoms with E-state index in [1.165, 1.54) is 0 Å². The Morgan fingerprint density at radius 1 is 1.00 bits per heavy atom. The zero-order valence-electron chi connectivity index (χ0n) is 18.0. The van der Waals surface area contributed by atoms with Crippen molar-refractivity contribution < 1.29 is 9.59 Å². The summed E-state index contributed by atoms with van der Waals surface area (Å²) in [6, 6.07) is 14.3. The third-order valence-corrected chi connectivity index (χ3v) is 5.33. The highest BCUT2D eigenvalue weighted by atomic mass is 35.5. The molecule has 0 radical (unpaired) electrons. The van der Waals surface area contributed by atoms with Crippen molar-refractivity contribution >= 4 is 35.0 Å². The standard InChI is InChI=1S/C24H30Cl2N2O2/c1-5-10-22(29)28(16-18-19(25)13-9-14-20(18)26)21(23(30)27-24(2,3)4)15-17-11-7-6-8-12-17/h6-9,11-14,21H,5,10,15-16H2,1-4H3,(H,27,30)/t21-/m0/s1. The fourth-order valence-corrected chi connectivity index (χ4v) is 3.74. The summed E-state index contributed by atoms with van der Waals surface area (Å²) in [7, 11) is 0. The molecule has 0 heterocycles. The van der Waals surface area contributed by atoms with Gasteiger partial charge in [-0.15, -0.1) is 0 Å². The van der Waals surface area contributed by atoms with Crippen molar-refractivity contribution in [2.24, 2.45) is 0 Å². The smallest absolute Gasteiger partial charge is 0.243 e. The van der Waals surface area contributed by atoms with Crippen LogP contribution in [0.25, 0.3) is 0 Å². The number of nitrogens with zero attached hydrogens (tertiary/aromatic N) is 1. The van der Waals surface area contributed by atoms with E-state index in [0.29, 0.717) is 34.9 Å². The first-order chi connectivity index (χ1) is 14.1. The molecule has 0 spiro atoms.